The molecule has 1 atom stereocenters. The monoisotopic (exact) mass is 538 g/mol. The minimum absolute atomic E-state index is 0.235. The minimum Gasteiger partial charge on any atom is -0.493 e. The molecule has 1 aliphatic carbocycles. The van der Waals surface area contributed by atoms with Gasteiger partial charge in [0.1, 0.15) is 25.0 Å². The van der Waals surface area contributed by atoms with Gasteiger partial charge in [-0.15, -0.1) is 10.1 Å². The van der Waals surface area contributed by atoms with E-state index in [0.29, 0.717) is 12.8 Å². The Balaban J connectivity index is 0.000000373. The first-order valence-electron chi connectivity index (χ1n) is 12.7. The molecule has 0 bridgehead atoms. The number of esters is 1. The van der Waals surface area contributed by atoms with Crippen LogP contribution in [0.2, 0.25) is 5.02 Å². The number of benzene rings is 1. The SMILES string of the molecule is C/C=C\CCCC(=O)NC(C)C(=O)OCCO[N+](=O)[O-].Clc1cccc(OCC/C=C/C2CCCC2)c1. The average Bonchev–Trinajstić information content (AvgIpc) is 3.38. The third kappa shape index (κ3) is 17.1. The molecule has 0 aliphatic heterocycles. The van der Waals surface area contributed by atoms with E-state index < -0.39 is 17.1 Å². The van der Waals surface area contributed by atoms with Crippen molar-refractivity contribution in [1.82, 2.24) is 5.32 Å². The molecule has 1 aromatic rings. The van der Waals surface area contributed by atoms with Crippen LogP contribution in [0.5, 0.6) is 5.75 Å². The number of amides is 1. The quantitative estimate of drug-likeness (QED) is 0.0979. The number of nitrogens with zero attached hydrogens (tertiary/aromatic N) is 1. The fraction of sp³-hybridized carbons (Fsp3) is 0.556. The van der Waals surface area contributed by atoms with Crippen LogP contribution in [0.1, 0.15) is 65.2 Å². The first-order valence-corrected chi connectivity index (χ1v) is 13.1. The van der Waals surface area contributed by atoms with E-state index in [1.807, 2.05) is 43.3 Å². The number of hydrogen-bond donors (Lipinski definition) is 1. The van der Waals surface area contributed by atoms with Gasteiger partial charge in [0.05, 0.1) is 6.61 Å². The predicted molar refractivity (Wildman–Crippen MR) is 143 cm³/mol. The lowest BCUT2D eigenvalue weighted by Crippen LogP contribution is -2.39. The lowest BCUT2D eigenvalue weighted by molar-refractivity contribution is -0.757. The molecule has 0 heterocycles. The van der Waals surface area contributed by atoms with Crippen molar-refractivity contribution < 1.29 is 29.0 Å². The van der Waals surface area contributed by atoms with Gasteiger partial charge in [-0.1, -0.05) is 54.8 Å². The summed E-state index contributed by atoms with van der Waals surface area (Å²) in [5.41, 5.74) is 0. The molecule has 1 fully saturated rings. The zero-order valence-corrected chi connectivity index (χ0v) is 22.5. The maximum absolute atomic E-state index is 11.5. The maximum Gasteiger partial charge on any atom is 0.328 e. The van der Waals surface area contributed by atoms with Gasteiger partial charge in [-0.05, 0) is 70.1 Å². The standard InChI is InChI=1S/C15H19ClO.C12H20N2O6/c16-14-9-5-10-15(12-14)17-11-4-3-8-13-6-1-2-7-13;1-3-4-5-6-7-11(15)13-10(2)12(16)19-8-9-20-14(17)18/h3,5,8-10,12-13H,1-2,4,6-7,11H2;3-4,10H,5-9H2,1-2H3,(H,13,15)/b8-3+;4-3-. The van der Waals surface area contributed by atoms with E-state index in [9.17, 15) is 19.7 Å². The largest absolute Gasteiger partial charge is 0.493 e. The lowest BCUT2D eigenvalue weighted by Gasteiger charge is -2.12. The van der Waals surface area contributed by atoms with Crippen molar-refractivity contribution in [2.45, 2.75) is 71.3 Å². The molecule has 206 valence electrons. The summed E-state index contributed by atoms with van der Waals surface area (Å²) in [4.78, 5) is 36.7. The van der Waals surface area contributed by atoms with Crippen LogP contribution < -0.4 is 10.1 Å². The van der Waals surface area contributed by atoms with Crippen LogP contribution in [0.4, 0.5) is 0 Å². The third-order valence-electron chi connectivity index (χ3n) is 5.42. The highest BCUT2D eigenvalue weighted by Crippen LogP contribution is 2.25. The fourth-order valence-electron chi connectivity index (χ4n) is 3.54. The van der Waals surface area contributed by atoms with Gasteiger partial charge in [0.2, 0.25) is 5.91 Å². The second-order valence-corrected chi connectivity index (χ2v) is 8.98. The van der Waals surface area contributed by atoms with Crippen LogP contribution in [-0.4, -0.2) is 42.8 Å². The highest BCUT2D eigenvalue weighted by Gasteiger charge is 2.16. The Morgan fingerprint density at radius 2 is 1.95 bits per heavy atom. The van der Waals surface area contributed by atoms with E-state index in [1.54, 1.807) is 0 Å². The van der Waals surface area contributed by atoms with Crippen molar-refractivity contribution >= 4 is 23.5 Å². The lowest BCUT2D eigenvalue weighted by atomic mass is 10.1. The molecular weight excluding hydrogens is 500 g/mol. The van der Waals surface area contributed by atoms with Gasteiger partial charge in [0.15, 0.2) is 0 Å². The number of rotatable bonds is 15. The Kier molecular flexibility index (Phi) is 17.3. The highest BCUT2D eigenvalue weighted by atomic mass is 35.5. The van der Waals surface area contributed by atoms with Gasteiger partial charge in [-0.2, -0.15) is 0 Å². The second-order valence-electron chi connectivity index (χ2n) is 8.54. The van der Waals surface area contributed by atoms with Crippen LogP contribution in [-0.2, 0) is 19.2 Å². The zero-order chi connectivity index (χ0) is 27.3. The molecule has 10 heteroatoms. The number of carbonyl (C=O) groups is 2. The summed E-state index contributed by atoms with van der Waals surface area (Å²) >= 11 is 5.88. The minimum atomic E-state index is -0.968. The Labute approximate surface area is 224 Å². The molecule has 2 rings (SSSR count). The normalized spacial score (nSPS) is 14.1. The van der Waals surface area contributed by atoms with Crippen molar-refractivity contribution in [2.24, 2.45) is 5.92 Å². The van der Waals surface area contributed by atoms with Gasteiger partial charge in [0, 0.05) is 11.4 Å². The number of ether oxygens (including phenoxy) is 2. The third-order valence-corrected chi connectivity index (χ3v) is 5.66. The van der Waals surface area contributed by atoms with Crippen LogP contribution in [0, 0.1) is 16.0 Å². The topological polar surface area (TPSA) is 117 Å². The molecular formula is C27H39ClN2O7. The predicted octanol–water partition coefficient (Wildman–Crippen LogP) is 5.84. The first-order chi connectivity index (χ1) is 17.8. The van der Waals surface area contributed by atoms with Gasteiger partial charge < -0.3 is 19.6 Å². The molecule has 9 nitrogen and oxygen atoms in total. The van der Waals surface area contributed by atoms with E-state index in [0.717, 1.165) is 36.1 Å². The van der Waals surface area contributed by atoms with Gasteiger partial charge >= 0.3 is 5.97 Å². The Morgan fingerprint density at radius 3 is 2.62 bits per heavy atom. The Bertz CT molecular complexity index is 870. The number of carbonyl (C=O) groups excluding carboxylic acids is 2. The van der Waals surface area contributed by atoms with Crippen molar-refractivity contribution in [1.29, 1.82) is 0 Å². The van der Waals surface area contributed by atoms with E-state index >= 15 is 0 Å². The van der Waals surface area contributed by atoms with E-state index in [2.05, 4.69) is 22.3 Å². The number of halogens is 1. The number of hydrogen-bond acceptors (Lipinski definition) is 7. The van der Waals surface area contributed by atoms with Gasteiger partial charge in [0.25, 0.3) is 5.09 Å². The molecule has 1 unspecified atom stereocenters. The second kappa shape index (κ2) is 20.0. The smallest absolute Gasteiger partial charge is 0.328 e. The molecule has 0 saturated heterocycles. The van der Waals surface area contributed by atoms with Crippen molar-refractivity contribution in [3.63, 3.8) is 0 Å². The summed E-state index contributed by atoms with van der Waals surface area (Å²) in [6.07, 6.45) is 16.8. The van der Waals surface area contributed by atoms with Crippen LogP contribution in [0.25, 0.3) is 0 Å². The Morgan fingerprint density at radius 1 is 1.19 bits per heavy atom. The van der Waals surface area contributed by atoms with Gasteiger partial charge in [-0.25, -0.2) is 4.79 Å². The number of nitrogens with one attached hydrogen (secondary N) is 1. The van der Waals surface area contributed by atoms with Crippen LogP contribution in [0.3, 0.4) is 0 Å². The van der Waals surface area contributed by atoms with Crippen LogP contribution >= 0.6 is 11.6 Å². The molecule has 1 aliphatic rings. The summed E-state index contributed by atoms with van der Waals surface area (Å²) < 4.78 is 10.3. The molecule has 0 aromatic heterocycles. The molecule has 1 N–H and O–H groups in total. The average molecular weight is 539 g/mol. The molecule has 1 saturated carbocycles. The Hall–Kier alpha value is -3.07. The van der Waals surface area contributed by atoms with Crippen molar-refractivity contribution in [3.8, 4) is 5.75 Å². The fourth-order valence-corrected chi connectivity index (χ4v) is 3.72. The van der Waals surface area contributed by atoms with Gasteiger partial charge in [-0.3, -0.25) is 4.79 Å². The van der Waals surface area contributed by atoms with E-state index in [1.165, 1.54) is 32.6 Å². The molecule has 1 aromatic carbocycles. The molecule has 0 spiro atoms. The number of allylic oxidation sites excluding steroid dienone is 3. The first kappa shape index (κ1) is 32.0. The maximum atomic E-state index is 11.5. The van der Waals surface area contributed by atoms with Crippen molar-refractivity contribution in [3.05, 3.63) is 63.7 Å². The van der Waals surface area contributed by atoms with E-state index in [-0.39, 0.29) is 19.1 Å². The molecule has 37 heavy (non-hydrogen) atoms. The number of unbranched alkanes of at least 4 members (excludes halogenated alkanes) is 1. The van der Waals surface area contributed by atoms with E-state index in [4.69, 9.17) is 21.1 Å². The highest BCUT2D eigenvalue weighted by molar-refractivity contribution is 6.30. The summed E-state index contributed by atoms with van der Waals surface area (Å²) in [5.74, 6) is 0.784. The summed E-state index contributed by atoms with van der Waals surface area (Å²) in [5, 5.41) is 12.1. The molecule has 1 amide bonds. The summed E-state index contributed by atoms with van der Waals surface area (Å²) in [6, 6.07) is 6.76. The summed E-state index contributed by atoms with van der Waals surface area (Å²) in [7, 11) is 0. The zero-order valence-electron chi connectivity index (χ0n) is 21.7. The molecule has 0 radical (unpaired) electrons. The summed E-state index contributed by atoms with van der Waals surface area (Å²) in [6.45, 7) is 3.55. The van der Waals surface area contributed by atoms with Crippen LogP contribution in [0.15, 0.2) is 48.6 Å². The van der Waals surface area contributed by atoms with Crippen molar-refractivity contribution in [2.75, 3.05) is 19.8 Å².